The Hall–Kier alpha value is 0.400. The van der Waals surface area contributed by atoms with E-state index in [2.05, 4.69) is 27.9 Å². The molecule has 2 nitrogen and oxygen atoms in total. The Balaban J connectivity index is 1.78. The van der Waals surface area contributed by atoms with Crippen molar-refractivity contribution in [1.29, 1.82) is 0 Å². The van der Waals surface area contributed by atoms with Gasteiger partial charge in [0, 0.05) is 18.5 Å². The monoisotopic (exact) mass is 263 g/mol. The minimum Gasteiger partial charge on any atom is -0.380 e. The number of likely N-dealkylation sites (N-methyl/N-ethyl adjacent to an activating group) is 1. The Bertz CT molecular complexity index is 139. The first-order valence-electron chi connectivity index (χ1n) is 5.65. The lowest BCUT2D eigenvalue weighted by atomic mass is 10.3. The molecule has 0 unspecified atom stereocenters. The second kappa shape index (κ2) is 7.66. The number of alkyl halides is 1. The fourth-order valence-corrected chi connectivity index (χ4v) is 1.74. The van der Waals surface area contributed by atoms with Crippen LogP contribution in [0.1, 0.15) is 25.7 Å². The zero-order valence-corrected chi connectivity index (χ0v) is 10.8. The lowest BCUT2D eigenvalue weighted by Gasteiger charge is -2.15. The van der Waals surface area contributed by atoms with E-state index >= 15 is 0 Å². The molecule has 84 valence electrons. The highest BCUT2D eigenvalue weighted by molar-refractivity contribution is 9.09. The number of halogens is 1. The van der Waals surface area contributed by atoms with Gasteiger partial charge in [-0.2, -0.15) is 0 Å². The molecule has 14 heavy (non-hydrogen) atoms. The van der Waals surface area contributed by atoms with E-state index in [0.29, 0.717) is 0 Å². The maximum absolute atomic E-state index is 5.58. The zero-order chi connectivity index (χ0) is 10.2. The third kappa shape index (κ3) is 6.80. The van der Waals surface area contributed by atoms with E-state index in [1.807, 2.05) is 0 Å². The summed E-state index contributed by atoms with van der Waals surface area (Å²) in [4.78, 5) is 2.36. The molecule has 0 aromatic rings. The van der Waals surface area contributed by atoms with Gasteiger partial charge in [-0.3, -0.25) is 0 Å². The smallest absolute Gasteiger partial charge is 0.0593 e. The van der Waals surface area contributed by atoms with E-state index in [4.69, 9.17) is 4.74 Å². The summed E-state index contributed by atoms with van der Waals surface area (Å²) in [7, 11) is 2.18. The van der Waals surface area contributed by atoms with Gasteiger partial charge in [-0.25, -0.2) is 0 Å². The summed E-state index contributed by atoms with van der Waals surface area (Å²) in [6.45, 7) is 4.17. The molecule has 0 N–H and O–H groups in total. The van der Waals surface area contributed by atoms with Crippen LogP contribution in [0.5, 0.6) is 0 Å². The molecular weight excluding hydrogens is 242 g/mol. The van der Waals surface area contributed by atoms with Gasteiger partial charge in [0.25, 0.3) is 0 Å². The molecule has 0 saturated heterocycles. The van der Waals surface area contributed by atoms with Crippen molar-refractivity contribution in [2.45, 2.75) is 25.7 Å². The van der Waals surface area contributed by atoms with Gasteiger partial charge in [-0.15, -0.1) is 0 Å². The highest BCUT2D eigenvalue weighted by Crippen LogP contribution is 2.28. The predicted octanol–water partition coefficient (Wildman–Crippen LogP) is 2.52. The van der Waals surface area contributed by atoms with Gasteiger partial charge in [-0.05, 0) is 45.2 Å². The van der Waals surface area contributed by atoms with Crippen molar-refractivity contribution < 1.29 is 4.74 Å². The van der Waals surface area contributed by atoms with E-state index in [9.17, 15) is 0 Å². The van der Waals surface area contributed by atoms with Crippen LogP contribution in [0.15, 0.2) is 0 Å². The fourth-order valence-electron chi connectivity index (χ4n) is 1.34. The topological polar surface area (TPSA) is 12.5 Å². The van der Waals surface area contributed by atoms with Crippen LogP contribution in [-0.2, 0) is 4.74 Å². The molecular formula is C11H22BrNO. The second-order valence-corrected chi connectivity index (χ2v) is 5.01. The van der Waals surface area contributed by atoms with E-state index in [1.165, 1.54) is 32.2 Å². The molecule has 0 aliphatic heterocycles. The summed E-state index contributed by atoms with van der Waals surface area (Å²) >= 11 is 3.44. The maximum atomic E-state index is 5.58. The number of nitrogens with zero attached hydrogens (tertiary/aromatic N) is 1. The van der Waals surface area contributed by atoms with Gasteiger partial charge in [0.2, 0.25) is 0 Å². The number of hydrogen-bond acceptors (Lipinski definition) is 2. The van der Waals surface area contributed by atoms with Gasteiger partial charge in [0.15, 0.2) is 0 Å². The molecule has 1 rings (SSSR count). The van der Waals surface area contributed by atoms with E-state index in [1.54, 1.807) is 0 Å². The molecule has 0 bridgehead atoms. The van der Waals surface area contributed by atoms with Crippen LogP contribution >= 0.6 is 15.9 Å². The molecule has 1 fully saturated rings. The standard InChI is InChI=1S/C11H22BrNO/c1-13(7-3-2-6-12)8-9-14-10-11-4-5-11/h11H,2-10H2,1H3. The van der Waals surface area contributed by atoms with Crippen molar-refractivity contribution in [3.05, 3.63) is 0 Å². The van der Waals surface area contributed by atoms with Crippen LogP contribution in [-0.4, -0.2) is 43.6 Å². The highest BCUT2D eigenvalue weighted by Gasteiger charge is 2.20. The van der Waals surface area contributed by atoms with Crippen molar-refractivity contribution in [3.63, 3.8) is 0 Å². The molecule has 1 aliphatic carbocycles. The molecule has 0 amide bonds. The maximum Gasteiger partial charge on any atom is 0.0593 e. The van der Waals surface area contributed by atoms with Crippen LogP contribution in [0.3, 0.4) is 0 Å². The third-order valence-corrected chi connectivity index (χ3v) is 3.15. The molecule has 0 aromatic carbocycles. The third-order valence-electron chi connectivity index (χ3n) is 2.59. The first kappa shape index (κ1) is 12.5. The minimum absolute atomic E-state index is 0.897. The van der Waals surface area contributed by atoms with Crippen molar-refractivity contribution in [1.82, 2.24) is 4.90 Å². The van der Waals surface area contributed by atoms with Crippen LogP contribution in [0.4, 0.5) is 0 Å². The molecule has 0 radical (unpaired) electrons. The lowest BCUT2D eigenvalue weighted by molar-refractivity contribution is 0.103. The molecule has 0 atom stereocenters. The summed E-state index contributed by atoms with van der Waals surface area (Å²) in [5, 5.41) is 1.12. The average Bonchev–Trinajstić information content (AvgIpc) is 2.97. The number of ether oxygens (including phenoxy) is 1. The Morgan fingerprint density at radius 1 is 1.29 bits per heavy atom. The lowest BCUT2D eigenvalue weighted by Crippen LogP contribution is -2.24. The van der Waals surface area contributed by atoms with Gasteiger partial charge >= 0.3 is 0 Å². The molecule has 0 heterocycles. The number of unbranched alkanes of at least 4 members (excludes halogenated alkanes) is 1. The van der Waals surface area contributed by atoms with Gasteiger partial charge in [0.1, 0.15) is 0 Å². The van der Waals surface area contributed by atoms with Crippen LogP contribution in [0, 0.1) is 5.92 Å². The molecule has 3 heteroatoms. The Kier molecular flexibility index (Phi) is 6.82. The predicted molar refractivity (Wildman–Crippen MR) is 64.1 cm³/mol. The van der Waals surface area contributed by atoms with E-state index in [-0.39, 0.29) is 0 Å². The Morgan fingerprint density at radius 3 is 2.71 bits per heavy atom. The number of hydrogen-bond donors (Lipinski definition) is 0. The highest BCUT2D eigenvalue weighted by atomic mass is 79.9. The largest absolute Gasteiger partial charge is 0.380 e. The summed E-state index contributed by atoms with van der Waals surface area (Å²) < 4.78 is 5.58. The Labute approximate surface area is 96.1 Å². The van der Waals surface area contributed by atoms with E-state index < -0.39 is 0 Å². The quantitative estimate of drug-likeness (QED) is 0.468. The summed E-state index contributed by atoms with van der Waals surface area (Å²) in [6, 6.07) is 0. The first-order valence-corrected chi connectivity index (χ1v) is 6.77. The second-order valence-electron chi connectivity index (χ2n) is 4.22. The Morgan fingerprint density at radius 2 is 2.07 bits per heavy atom. The summed E-state index contributed by atoms with van der Waals surface area (Å²) in [5.41, 5.74) is 0. The van der Waals surface area contributed by atoms with E-state index in [0.717, 1.165) is 31.0 Å². The average molecular weight is 264 g/mol. The van der Waals surface area contributed by atoms with Gasteiger partial charge < -0.3 is 9.64 Å². The van der Waals surface area contributed by atoms with Gasteiger partial charge in [-0.1, -0.05) is 15.9 Å². The molecule has 0 aromatic heterocycles. The van der Waals surface area contributed by atoms with Crippen LogP contribution in [0.25, 0.3) is 0 Å². The first-order chi connectivity index (χ1) is 6.83. The summed E-state index contributed by atoms with van der Waals surface area (Å²) in [5.74, 6) is 0.897. The molecule has 1 saturated carbocycles. The normalized spacial score (nSPS) is 16.5. The van der Waals surface area contributed by atoms with Crippen LogP contribution < -0.4 is 0 Å². The summed E-state index contributed by atoms with van der Waals surface area (Å²) in [6.07, 6.45) is 5.33. The van der Waals surface area contributed by atoms with Crippen molar-refractivity contribution in [2.75, 3.05) is 38.7 Å². The van der Waals surface area contributed by atoms with Crippen molar-refractivity contribution in [2.24, 2.45) is 5.92 Å². The van der Waals surface area contributed by atoms with Crippen LogP contribution in [0.2, 0.25) is 0 Å². The number of rotatable bonds is 9. The van der Waals surface area contributed by atoms with Crippen molar-refractivity contribution in [3.8, 4) is 0 Å². The zero-order valence-electron chi connectivity index (χ0n) is 9.17. The fraction of sp³-hybridized carbons (Fsp3) is 1.00. The molecule has 1 aliphatic rings. The van der Waals surface area contributed by atoms with Gasteiger partial charge in [0.05, 0.1) is 6.61 Å². The SMILES string of the molecule is CN(CCCCBr)CCOCC1CC1. The minimum atomic E-state index is 0.897. The van der Waals surface area contributed by atoms with Crippen molar-refractivity contribution >= 4 is 15.9 Å². The molecule has 0 spiro atoms.